The van der Waals surface area contributed by atoms with Crippen LogP contribution in [0.5, 0.6) is 0 Å². The highest BCUT2D eigenvalue weighted by Crippen LogP contribution is 2.34. The molecular formula is C23H26FN3O. The van der Waals surface area contributed by atoms with Crippen molar-refractivity contribution in [3.05, 3.63) is 60.2 Å². The van der Waals surface area contributed by atoms with Crippen LogP contribution in [0.1, 0.15) is 50.8 Å². The zero-order chi connectivity index (χ0) is 19.5. The molecule has 4 nitrogen and oxygen atoms in total. The van der Waals surface area contributed by atoms with E-state index >= 15 is 0 Å². The quantitative estimate of drug-likeness (QED) is 0.524. The molecule has 1 atom stereocenters. The van der Waals surface area contributed by atoms with Gasteiger partial charge in [0.05, 0.1) is 16.7 Å². The maximum Gasteiger partial charge on any atom is 0.227 e. The predicted molar refractivity (Wildman–Crippen MR) is 110 cm³/mol. The largest absolute Gasteiger partial charge is 0.328 e. The maximum absolute atomic E-state index is 14.2. The van der Waals surface area contributed by atoms with Gasteiger partial charge in [-0.05, 0) is 30.7 Å². The lowest BCUT2D eigenvalue weighted by atomic mass is 10.1. The van der Waals surface area contributed by atoms with E-state index in [0.717, 1.165) is 29.8 Å². The molecule has 1 amide bonds. The molecule has 3 aromatic rings. The molecule has 28 heavy (non-hydrogen) atoms. The van der Waals surface area contributed by atoms with Crippen LogP contribution < -0.4 is 4.90 Å². The SMILES string of the molecule is CCCCCCn1c(C2CC(=O)N(c3ccccc3F)C2)nc2ccccc21. The molecule has 1 aliphatic heterocycles. The Morgan fingerprint density at radius 3 is 2.68 bits per heavy atom. The minimum Gasteiger partial charge on any atom is -0.328 e. The lowest BCUT2D eigenvalue weighted by molar-refractivity contribution is -0.117. The van der Waals surface area contributed by atoms with E-state index in [2.05, 4.69) is 17.6 Å². The Hall–Kier alpha value is -2.69. The second-order valence-electron chi connectivity index (χ2n) is 7.53. The summed E-state index contributed by atoms with van der Waals surface area (Å²) in [4.78, 5) is 19.1. The first-order chi connectivity index (χ1) is 13.7. The topological polar surface area (TPSA) is 38.1 Å². The van der Waals surface area contributed by atoms with Crippen LogP contribution in [0, 0.1) is 5.82 Å². The number of nitrogens with zero attached hydrogens (tertiary/aromatic N) is 3. The van der Waals surface area contributed by atoms with Crippen molar-refractivity contribution < 1.29 is 9.18 Å². The Kier molecular flexibility index (Phi) is 5.42. The van der Waals surface area contributed by atoms with Gasteiger partial charge in [-0.1, -0.05) is 50.5 Å². The third-order valence-corrected chi connectivity index (χ3v) is 5.55. The summed E-state index contributed by atoms with van der Waals surface area (Å²) in [7, 11) is 0. The number of hydrogen-bond acceptors (Lipinski definition) is 2. The van der Waals surface area contributed by atoms with E-state index in [1.807, 2.05) is 18.2 Å². The molecule has 0 bridgehead atoms. The van der Waals surface area contributed by atoms with Gasteiger partial charge in [-0.2, -0.15) is 0 Å². The molecule has 0 N–H and O–H groups in total. The van der Waals surface area contributed by atoms with Crippen molar-refractivity contribution in [2.75, 3.05) is 11.4 Å². The van der Waals surface area contributed by atoms with Crippen molar-refractivity contribution in [2.45, 2.75) is 51.5 Å². The van der Waals surface area contributed by atoms with Crippen LogP contribution in [-0.2, 0) is 11.3 Å². The number of carbonyl (C=O) groups excluding carboxylic acids is 1. The highest BCUT2D eigenvalue weighted by molar-refractivity contribution is 5.96. The number of hydrogen-bond donors (Lipinski definition) is 0. The molecule has 4 rings (SSSR count). The second-order valence-corrected chi connectivity index (χ2v) is 7.53. The van der Waals surface area contributed by atoms with Gasteiger partial charge in [-0.25, -0.2) is 9.37 Å². The molecule has 1 saturated heterocycles. The van der Waals surface area contributed by atoms with Crippen molar-refractivity contribution >= 4 is 22.6 Å². The minimum absolute atomic E-state index is 0.0225. The van der Waals surface area contributed by atoms with Crippen LogP contribution in [0.3, 0.4) is 0 Å². The number of aromatic nitrogens is 2. The zero-order valence-electron chi connectivity index (χ0n) is 16.3. The molecule has 0 spiro atoms. The molecule has 1 aromatic heterocycles. The summed E-state index contributed by atoms with van der Waals surface area (Å²) in [5.74, 6) is 0.528. The van der Waals surface area contributed by atoms with E-state index < -0.39 is 0 Å². The summed E-state index contributed by atoms with van der Waals surface area (Å²) in [6.07, 6.45) is 5.08. The summed E-state index contributed by atoms with van der Waals surface area (Å²) in [5.41, 5.74) is 2.44. The minimum atomic E-state index is -0.357. The van der Waals surface area contributed by atoms with Gasteiger partial charge < -0.3 is 9.47 Å². The van der Waals surface area contributed by atoms with E-state index in [0.29, 0.717) is 18.7 Å². The van der Waals surface area contributed by atoms with Crippen LogP contribution in [0.25, 0.3) is 11.0 Å². The van der Waals surface area contributed by atoms with Gasteiger partial charge in [-0.15, -0.1) is 0 Å². The first kappa shape index (κ1) is 18.7. The number of halogens is 1. The first-order valence-electron chi connectivity index (χ1n) is 10.2. The molecule has 2 aromatic carbocycles. The van der Waals surface area contributed by atoms with Crippen LogP contribution in [-0.4, -0.2) is 22.0 Å². The van der Waals surface area contributed by atoms with Crippen molar-refractivity contribution in [2.24, 2.45) is 0 Å². The summed E-state index contributed by atoms with van der Waals surface area (Å²) in [6.45, 7) is 3.58. The monoisotopic (exact) mass is 379 g/mol. The number of anilines is 1. The Bertz CT molecular complexity index is 981. The van der Waals surface area contributed by atoms with Gasteiger partial charge in [0.1, 0.15) is 11.6 Å². The van der Waals surface area contributed by atoms with E-state index in [1.54, 1.807) is 23.1 Å². The lowest BCUT2D eigenvalue weighted by Crippen LogP contribution is -2.25. The molecule has 0 saturated carbocycles. The van der Waals surface area contributed by atoms with E-state index in [9.17, 15) is 9.18 Å². The van der Waals surface area contributed by atoms with Crippen LogP contribution >= 0.6 is 0 Å². The summed E-state index contributed by atoms with van der Waals surface area (Å²) >= 11 is 0. The smallest absolute Gasteiger partial charge is 0.227 e. The Morgan fingerprint density at radius 1 is 1.07 bits per heavy atom. The standard InChI is InChI=1S/C23H26FN3O/c1-2-3-4-9-14-26-21-13-8-6-11-19(21)25-23(26)17-15-22(28)27(16-17)20-12-7-5-10-18(20)24/h5-8,10-13,17H,2-4,9,14-16H2,1H3. The van der Waals surface area contributed by atoms with Crippen LogP contribution in [0.2, 0.25) is 0 Å². The average Bonchev–Trinajstić information content (AvgIpc) is 3.26. The summed E-state index contributed by atoms with van der Waals surface area (Å²) < 4.78 is 16.5. The highest BCUT2D eigenvalue weighted by Gasteiger charge is 2.35. The Labute approximate surface area is 165 Å². The number of unbranched alkanes of at least 4 members (excludes halogenated alkanes) is 3. The van der Waals surface area contributed by atoms with Gasteiger partial charge >= 0.3 is 0 Å². The van der Waals surface area contributed by atoms with Crippen molar-refractivity contribution in [1.29, 1.82) is 0 Å². The number of para-hydroxylation sites is 3. The molecule has 0 radical (unpaired) electrons. The van der Waals surface area contributed by atoms with E-state index in [-0.39, 0.29) is 17.6 Å². The molecule has 1 aliphatic rings. The summed E-state index contributed by atoms with van der Waals surface area (Å²) in [5, 5.41) is 0. The van der Waals surface area contributed by atoms with Crippen LogP contribution in [0.4, 0.5) is 10.1 Å². The Balaban J connectivity index is 1.63. The van der Waals surface area contributed by atoms with E-state index in [4.69, 9.17) is 4.98 Å². The van der Waals surface area contributed by atoms with Gasteiger partial charge in [0.15, 0.2) is 0 Å². The fraction of sp³-hybridized carbons (Fsp3) is 0.391. The fourth-order valence-electron chi connectivity index (χ4n) is 4.12. The number of benzene rings is 2. The third kappa shape index (κ3) is 3.53. The number of amides is 1. The van der Waals surface area contributed by atoms with Crippen molar-refractivity contribution in [3.8, 4) is 0 Å². The Morgan fingerprint density at radius 2 is 1.86 bits per heavy atom. The number of fused-ring (bicyclic) bond motifs is 1. The fourth-order valence-corrected chi connectivity index (χ4v) is 4.12. The van der Waals surface area contributed by atoms with E-state index in [1.165, 1.54) is 25.3 Å². The van der Waals surface area contributed by atoms with Gasteiger partial charge in [0.25, 0.3) is 0 Å². The predicted octanol–water partition coefficient (Wildman–Crippen LogP) is 5.28. The van der Waals surface area contributed by atoms with Crippen LogP contribution in [0.15, 0.2) is 48.5 Å². The van der Waals surface area contributed by atoms with Gasteiger partial charge in [0.2, 0.25) is 5.91 Å². The average molecular weight is 379 g/mol. The molecule has 146 valence electrons. The number of aryl methyl sites for hydroxylation is 1. The molecular weight excluding hydrogens is 353 g/mol. The first-order valence-corrected chi connectivity index (χ1v) is 10.2. The maximum atomic E-state index is 14.2. The van der Waals surface area contributed by atoms with Gasteiger partial charge in [0, 0.05) is 25.4 Å². The number of rotatable bonds is 7. The van der Waals surface area contributed by atoms with Crippen molar-refractivity contribution in [3.63, 3.8) is 0 Å². The number of imidazole rings is 1. The molecule has 0 aliphatic carbocycles. The summed E-state index contributed by atoms with van der Waals surface area (Å²) in [6, 6.07) is 14.6. The molecule has 5 heteroatoms. The second kappa shape index (κ2) is 8.13. The number of carbonyl (C=O) groups is 1. The molecule has 1 unspecified atom stereocenters. The molecule has 1 fully saturated rings. The van der Waals surface area contributed by atoms with Crippen molar-refractivity contribution in [1.82, 2.24) is 9.55 Å². The normalized spacial score (nSPS) is 17.0. The lowest BCUT2D eigenvalue weighted by Gasteiger charge is -2.18. The molecule has 2 heterocycles. The highest BCUT2D eigenvalue weighted by atomic mass is 19.1. The third-order valence-electron chi connectivity index (χ3n) is 5.55. The van der Waals surface area contributed by atoms with Gasteiger partial charge in [-0.3, -0.25) is 4.79 Å². The zero-order valence-corrected chi connectivity index (χ0v) is 16.3.